The monoisotopic (exact) mass is 384 g/mol. The van der Waals surface area contributed by atoms with E-state index < -0.39 is 0 Å². The number of carbonyl (C=O) groups excluding carboxylic acids is 1. The standard InChI is InChI=1S/C18H26FN3O3S/c1-24-16-6-5-14(12-15(16)19)13-21-8-10-22(11-9-21)18(26)20-7-3-4-17(23)25-2/h5-6,12H,3-4,7-11,13H2,1-2H3,(H,20,26)/p+1. The molecule has 1 aromatic carbocycles. The molecule has 0 aromatic heterocycles. The van der Waals surface area contributed by atoms with Crippen LogP contribution in [0.1, 0.15) is 18.4 Å². The number of ether oxygens (including phenoxy) is 2. The van der Waals surface area contributed by atoms with Crippen LogP contribution in [0.3, 0.4) is 0 Å². The smallest absolute Gasteiger partial charge is 0.305 e. The second kappa shape index (κ2) is 10.3. The van der Waals surface area contributed by atoms with Gasteiger partial charge in [-0.3, -0.25) is 4.79 Å². The molecule has 6 nitrogen and oxygen atoms in total. The van der Waals surface area contributed by atoms with E-state index in [1.165, 1.54) is 19.1 Å². The number of quaternary nitrogens is 1. The zero-order chi connectivity index (χ0) is 18.9. The summed E-state index contributed by atoms with van der Waals surface area (Å²) in [4.78, 5) is 14.6. The van der Waals surface area contributed by atoms with Crippen LogP contribution < -0.4 is 15.0 Å². The fourth-order valence-corrected chi connectivity index (χ4v) is 3.24. The van der Waals surface area contributed by atoms with E-state index in [0.717, 1.165) is 43.4 Å². The van der Waals surface area contributed by atoms with Crippen molar-refractivity contribution >= 4 is 23.3 Å². The highest BCUT2D eigenvalue weighted by Crippen LogP contribution is 2.17. The predicted octanol–water partition coefficient (Wildman–Crippen LogP) is 0.363. The first-order chi connectivity index (χ1) is 12.5. The zero-order valence-electron chi connectivity index (χ0n) is 15.3. The van der Waals surface area contributed by atoms with Gasteiger partial charge in [0, 0.05) is 18.5 Å². The van der Waals surface area contributed by atoms with Crippen molar-refractivity contribution in [3.05, 3.63) is 29.6 Å². The molecule has 2 rings (SSSR count). The lowest BCUT2D eigenvalue weighted by Crippen LogP contribution is -3.13. The highest BCUT2D eigenvalue weighted by molar-refractivity contribution is 7.80. The van der Waals surface area contributed by atoms with E-state index in [0.29, 0.717) is 19.4 Å². The lowest BCUT2D eigenvalue weighted by atomic mass is 10.2. The number of benzene rings is 1. The van der Waals surface area contributed by atoms with Gasteiger partial charge in [-0.2, -0.15) is 0 Å². The highest BCUT2D eigenvalue weighted by atomic mass is 32.1. The fourth-order valence-electron chi connectivity index (χ4n) is 2.95. The van der Waals surface area contributed by atoms with E-state index in [2.05, 4.69) is 15.0 Å². The van der Waals surface area contributed by atoms with E-state index in [1.54, 1.807) is 12.1 Å². The number of hydrogen-bond acceptors (Lipinski definition) is 4. The lowest BCUT2D eigenvalue weighted by Gasteiger charge is -2.34. The Bertz CT molecular complexity index is 622. The van der Waals surface area contributed by atoms with Crippen molar-refractivity contribution in [1.82, 2.24) is 10.2 Å². The van der Waals surface area contributed by atoms with Gasteiger partial charge in [0.15, 0.2) is 16.7 Å². The van der Waals surface area contributed by atoms with Crippen LogP contribution in [-0.4, -0.2) is 62.9 Å². The molecule has 144 valence electrons. The molecule has 1 heterocycles. The number of hydrogen-bond donors (Lipinski definition) is 2. The summed E-state index contributed by atoms with van der Waals surface area (Å²) < 4.78 is 23.4. The van der Waals surface area contributed by atoms with Crippen molar-refractivity contribution in [2.75, 3.05) is 46.9 Å². The molecule has 1 aliphatic rings. The molecule has 1 fully saturated rings. The van der Waals surface area contributed by atoms with Crippen molar-refractivity contribution in [3.63, 3.8) is 0 Å². The Labute approximate surface area is 159 Å². The molecule has 0 bridgehead atoms. The summed E-state index contributed by atoms with van der Waals surface area (Å²) >= 11 is 5.42. The largest absolute Gasteiger partial charge is 0.494 e. The summed E-state index contributed by atoms with van der Waals surface area (Å²) in [5.74, 6) is -0.248. The summed E-state index contributed by atoms with van der Waals surface area (Å²) in [6, 6.07) is 5.13. The van der Waals surface area contributed by atoms with E-state index >= 15 is 0 Å². The number of carbonyl (C=O) groups is 1. The van der Waals surface area contributed by atoms with Gasteiger partial charge < -0.3 is 24.6 Å². The average Bonchev–Trinajstić information content (AvgIpc) is 2.65. The minimum atomic E-state index is -0.319. The molecule has 1 aromatic rings. The normalized spacial score (nSPS) is 14.8. The second-order valence-electron chi connectivity index (χ2n) is 6.29. The number of thiocarbonyl (C=S) groups is 1. The van der Waals surface area contributed by atoms with E-state index in [-0.39, 0.29) is 17.5 Å². The van der Waals surface area contributed by atoms with Crippen LogP contribution in [0.5, 0.6) is 5.75 Å². The Morgan fingerprint density at radius 3 is 2.69 bits per heavy atom. The Kier molecular flexibility index (Phi) is 8.06. The van der Waals surface area contributed by atoms with Gasteiger partial charge >= 0.3 is 5.97 Å². The summed E-state index contributed by atoms with van der Waals surface area (Å²) in [7, 11) is 2.86. The minimum Gasteiger partial charge on any atom is -0.494 e. The van der Waals surface area contributed by atoms with Crippen LogP contribution in [0, 0.1) is 5.82 Å². The minimum absolute atomic E-state index is 0.204. The first-order valence-electron chi connectivity index (χ1n) is 8.79. The fraction of sp³-hybridized carbons (Fsp3) is 0.556. The number of nitrogens with zero attached hydrogens (tertiary/aromatic N) is 1. The predicted molar refractivity (Wildman–Crippen MR) is 101 cm³/mol. The third-order valence-electron chi connectivity index (χ3n) is 4.49. The topological polar surface area (TPSA) is 55.2 Å². The Balaban J connectivity index is 1.70. The molecule has 1 aliphatic heterocycles. The number of rotatable bonds is 7. The van der Waals surface area contributed by atoms with Crippen LogP contribution in [0.15, 0.2) is 18.2 Å². The van der Waals surface area contributed by atoms with Crippen molar-refractivity contribution in [2.45, 2.75) is 19.4 Å². The van der Waals surface area contributed by atoms with E-state index in [1.807, 2.05) is 6.07 Å². The first-order valence-corrected chi connectivity index (χ1v) is 9.20. The molecule has 2 N–H and O–H groups in total. The van der Waals surface area contributed by atoms with Gasteiger partial charge in [0.05, 0.1) is 40.4 Å². The van der Waals surface area contributed by atoms with Crippen molar-refractivity contribution in [3.8, 4) is 5.75 Å². The average molecular weight is 384 g/mol. The lowest BCUT2D eigenvalue weighted by molar-refractivity contribution is -0.917. The third-order valence-corrected chi connectivity index (χ3v) is 4.89. The van der Waals surface area contributed by atoms with Gasteiger partial charge in [0.25, 0.3) is 0 Å². The summed E-state index contributed by atoms with van der Waals surface area (Å²) in [5, 5.41) is 3.92. The van der Waals surface area contributed by atoms with Gasteiger partial charge in [0.2, 0.25) is 0 Å². The molecule has 0 unspecified atom stereocenters. The molecule has 0 amide bonds. The van der Waals surface area contributed by atoms with Crippen LogP contribution >= 0.6 is 12.2 Å². The molecular weight excluding hydrogens is 357 g/mol. The first kappa shape index (κ1) is 20.4. The Hall–Kier alpha value is -1.93. The molecule has 1 saturated heterocycles. The SMILES string of the molecule is COC(=O)CCCNC(=S)N1CC[NH+](Cc2ccc(OC)c(F)c2)CC1. The summed E-state index contributed by atoms with van der Waals surface area (Å²) in [6.45, 7) is 5.04. The zero-order valence-corrected chi connectivity index (χ0v) is 16.2. The molecule has 0 saturated carbocycles. The van der Waals surface area contributed by atoms with Crippen LogP contribution in [0.25, 0.3) is 0 Å². The molecule has 0 spiro atoms. The van der Waals surface area contributed by atoms with Crippen molar-refractivity contribution in [1.29, 1.82) is 0 Å². The van der Waals surface area contributed by atoms with E-state index in [4.69, 9.17) is 17.0 Å². The summed E-state index contributed by atoms with van der Waals surface area (Å²) in [6.07, 6.45) is 1.09. The Morgan fingerprint density at radius 1 is 1.35 bits per heavy atom. The maximum absolute atomic E-state index is 13.8. The number of nitrogens with one attached hydrogen (secondary N) is 2. The quantitative estimate of drug-likeness (QED) is 0.402. The van der Waals surface area contributed by atoms with Crippen molar-refractivity contribution < 1.29 is 23.6 Å². The van der Waals surface area contributed by atoms with Gasteiger partial charge in [-0.25, -0.2) is 4.39 Å². The summed E-state index contributed by atoms with van der Waals surface area (Å²) in [5.41, 5.74) is 0.968. The third kappa shape index (κ3) is 6.10. The molecule has 0 aliphatic carbocycles. The second-order valence-corrected chi connectivity index (χ2v) is 6.68. The maximum Gasteiger partial charge on any atom is 0.305 e. The Morgan fingerprint density at radius 2 is 2.08 bits per heavy atom. The van der Waals surface area contributed by atoms with Gasteiger partial charge in [-0.15, -0.1) is 0 Å². The van der Waals surface area contributed by atoms with Gasteiger partial charge in [-0.1, -0.05) is 0 Å². The molecule has 0 atom stereocenters. The van der Waals surface area contributed by atoms with Crippen LogP contribution in [0.4, 0.5) is 4.39 Å². The number of halogens is 1. The number of piperazine rings is 1. The van der Waals surface area contributed by atoms with E-state index in [9.17, 15) is 9.18 Å². The molecular formula is C18H27FN3O3S+. The van der Waals surface area contributed by atoms with Gasteiger partial charge in [-0.05, 0) is 36.8 Å². The highest BCUT2D eigenvalue weighted by Gasteiger charge is 2.22. The van der Waals surface area contributed by atoms with Gasteiger partial charge in [0.1, 0.15) is 6.54 Å². The maximum atomic E-state index is 13.8. The van der Waals surface area contributed by atoms with Crippen molar-refractivity contribution in [2.24, 2.45) is 0 Å². The molecule has 26 heavy (non-hydrogen) atoms. The number of esters is 1. The molecule has 0 radical (unpaired) electrons. The van der Waals surface area contributed by atoms with Crippen LogP contribution in [0.2, 0.25) is 0 Å². The molecule has 8 heteroatoms. The number of methoxy groups -OCH3 is 2. The van der Waals surface area contributed by atoms with Crippen LogP contribution in [-0.2, 0) is 16.1 Å².